The maximum Gasteiger partial charge on any atom is 0.243 e. The summed E-state index contributed by atoms with van der Waals surface area (Å²) >= 11 is 0. The number of H-pyrrole nitrogens is 1. The maximum atomic E-state index is 12.1. The number of rotatable bonds is 3. The first kappa shape index (κ1) is 12.8. The fourth-order valence-electron chi connectivity index (χ4n) is 2.14. The van der Waals surface area contributed by atoms with Gasteiger partial charge in [0.2, 0.25) is 5.91 Å². The number of carbonyl (C=O) groups excluding carboxylic acids is 1. The Morgan fingerprint density at radius 2 is 2.35 bits per heavy atom. The summed E-state index contributed by atoms with van der Waals surface area (Å²) in [5.41, 5.74) is 2.66. The predicted octanol–water partition coefficient (Wildman–Crippen LogP) is 1.00. The molecule has 3 N–H and O–H groups in total. The van der Waals surface area contributed by atoms with Gasteiger partial charge < -0.3 is 15.4 Å². The molecule has 1 saturated heterocycles. The summed E-state index contributed by atoms with van der Waals surface area (Å²) in [5, 5.41) is 12.9. The number of hydrogen-bond acceptors (Lipinski definition) is 4. The van der Waals surface area contributed by atoms with Gasteiger partial charge in [-0.3, -0.25) is 9.89 Å². The molecule has 104 valence electrons. The highest BCUT2D eigenvalue weighted by Crippen LogP contribution is 2.20. The first-order valence-electron chi connectivity index (χ1n) is 6.55. The molecule has 20 heavy (non-hydrogen) atoms. The molecule has 1 unspecified atom stereocenters. The zero-order chi connectivity index (χ0) is 13.8. The molecule has 1 amide bonds. The summed E-state index contributed by atoms with van der Waals surface area (Å²) in [6.07, 6.45) is 1.70. The number of aromatic nitrogens is 2. The van der Waals surface area contributed by atoms with Crippen LogP contribution in [-0.4, -0.2) is 41.9 Å². The minimum atomic E-state index is -0.292. The van der Waals surface area contributed by atoms with Crippen LogP contribution in [-0.2, 0) is 9.53 Å². The van der Waals surface area contributed by atoms with Crippen LogP contribution >= 0.6 is 0 Å². The van der Waals surface area contributed by atoms with E-state index in [0.717, 1.165) is 16.9 Å². The number of carbonyl (C=O) groups is 1. The monoisotopic (exact) mass is 272 g/mol. The van der Waals surface area contributed by atoms with Gasteiger partial charge in [-0.2, -0.15) is 5.10 Å². The van der Waals surface area contributed by atoms with E-state index >= 15 is 0 Å². The van der Waals surface area contributed by atoms with Crippen LogP contribution in [0.3, 0.4) is 0 Å². The van der Waals surface area contributed by atoms with Gasteiger partial charge in [0, 0.05) is 24.0 Å². The van der Waals surface area contributed by atoms with Crippen molar-refractivity contribution >= 4 is 11.6 Å². The summed E-state index contributed by atoms with van der Waals surface area (Å²) in [4.78, 5) is 12.1. The lowest BCUT2D eigenvalue weighted by Crippen LogP contribution is -2.48. The van der Waals surface area contributed by atoms with E-state index in [2.05, 4.69) is 20.8 Å². The number of morpholine rings is 1. The third-order valence-electron chi connectivity index (χ3n) is 3.18. The molecule has 2 aromatic rings. The summed E-state index contributed by atoms with van der Waals surface area (Å²) in [6, 6.07) is 9.23. The van der Waals surface area contributed by atoms with Crippen molar-refractivity contribution in [3.63, 3.8) is 0 Å². The molecule has 2 heterocycles. The van der Waals surface area contributed by atoms with Crippen LogP contribution in [0.1, 0.15) is 0 Å². The molecule has 6 nitrogen and oxygen atoms in total. The number of ether oxygens (including phenoxy) is 1. The Balaban J connectivity index is 1.71. The molecular formula is C14H16N4O2. The van der Waals surface area contributed by atoms with E-state index in [4.69, 9.17) is 4.74 Å². The Morgan fingerprint density at radius 1 is 1.40 bits per heavy atom. The molecule has 3 rings (SSSR count). The second-order valence-electron chi connectivity index (χ2n) is 4.62. The zero-order valence-corrected chi connectivity index (χ0v) is 10.9. The van der Waals surface area contributed by atoms with Crippen molar-refractivity contribution in [1.29, 1.82) is 0 Å². The van der Waals surface area contributed by atoms with Gasteiger partial charge in [-0.1, -0.05) is 12.1 Å². The van der Waals surface area contributed by atoms with E-state index in [-0.39, 0.29) is 11.9 Å². The largest absolute Gasteiger partial charge is 0.378 e. The van der Waals surface area contributed by atoms with E-state index in [9.17, 15) is 4.79 Å². The maximum absolute atomic E-state index is 12.1. The Kier molecular flexibility index (Phi) is 3.76. The van der Waals surface area contributed by atoms with Crippen molar-refractivity contribution in [1.82, 2.24) is 15.5 Å². The highest BCUT2D eigenvalue weighted by atomic mass is 16.5. The first-order valence-corrected chi connectivity index (χ1v) is 6.55. The minimum absolute atomic E-state index is 0.0774. The SMILES string of the molecule is O=C(Nc1cccc(-c2ccn[nH]2)c1)C1COCCN1. The molecule has 1 aromatic carbocycles. The fraction of sp³-hybridized carbons (Fsp3) is 0.286. The second-order valence-corrected chi connectivity index (χ2v) is 4.62. The highest BCUT2D eigenvalue weighted by molar-refractivity contribution is 5.95. The Bertz CT molecular complexity index is 577. The topological polar surface area (TPSA) is 79.0 Å². The van der Waals surface area contributed by atoms with Crippen LogP contribution in [0.5, 0.6) is 0 Å². The van der Waals surface area contributed by atoms with E-state index in [1.807, 2.05) is 30.3 Å². The molecule has 1 atom stereocenters. The van der Waals surface area contributed by atoms with Gasteiger partial charge in [0.1, 0.15) is 6.04 Å². The van der Waals surface area contributed by atoms with Gasteiger partial charge in [0.05, 0.1) is 18.9 Å². The first-order chi connectivity index (χ1) is 9.83. The van der Waals surface area contributed by atoms with Gasteiger partial charge in [-0.05, 0) is 18.2 Å². The molecule has 0 aliphatic carbocycles. The lowest BCUT2D eigenvalue weighted by molar-refractivity contribution is -0.120. The fourth-order valence-corrected chi connectivity index (χ4v) is 2.14. The number of nitrogens with zero attached hydrogens (tertiary/aromatic N) is 1. The number of anilines is 1. The van der Waals surface area contributed by atoms with Gasteiger partial charge in [0.15, 0.2) is 0 Å². The smallest absolute Gasteiger partial charge is 0.243 e. The molecule has 0 spiro atoms. The minimum Gasteiger partial charge on any atom is -0.378 e. The lowest BCUT2D eigenvalue weighted by Gasteiger charge is -2.22. The molecule has 1 fully saturated rings. The summed E-state index contributed by atoms with van der Waals surface area (Å²) < 4.78 is 5.29. The van der Waals surface area contributed by atoms with E-state index < -0.39 is 0 Å². The van der Waals surface area contributed by atoms with E-state index in [1.54, 1.807) is 6.20 Å². The Morgan fingerprint density at radius 3 is 3.10 bits per heavy atom. The molecule has 6 heteroatoms. The van der Waals surface area contributed by atoms with Crippen LogP contribution < -0.4 is 10.6 Å². The van der Waals surface area contributed by atoms with Gasteiger partial charge in [0.25, 0.3) is 0 Å². The molecular weight excluding hydrogens is 256 g/mol. The Labute approximate surface area is 116 Å². The van der Waals surface area contributed by atoms with E-state index in [1.165, 1.54) is 0 Å². The number of hydrogen-bond donors (Lipinski definition) is 3. The molecule has 0 bridgehead atoms. The molecule has 0 radical (unpaired) electrons. The number of benzene rings is 1. The summed E-state index contributed by atoms with van der Waals surface area (Å²) in [5.74, 6) is -0.0774. The number of aromatic amines is 1. The van der Waals surface area contributed by atoms with E-state index in [0.29, 0.717) is 19.8 Å². The molecule has 0 saturated carbocycles. The third kappa shape index (κ3) is 2.87. The Hall–Kier alpha value is -2.18. The molecule has 1 aliphatic heterocycles. The lowest BCUT2D eigenvalue weighted by atomic mass is 10.1. The molecule has 1 aromatic heterocycles. The van der Waals surface area contributed by atoms with Gasteiger partial charge in [-0.15, -0.1) is 0 Å². The van der Waals surface area contributed by atoms with Crippen LogP contribution in [0.25, 0.3) is 11.3 Å². The number of amides is 1. The van der Waals surface area contributed by atoms with Gasteiger partial charge in [-0.25, -0.2) is 0 Å². The van der Waals surface area contributed by atoms with Crippen molar-refractivity contribution in [3.05, 3.63) is 36.5 Å². The zero-order valence-electron chi connectivity index (χ0n) is 10.9. The predicted molar refractivity (Wildman–Crippen MR) is 75.3 cm³/mol. The normalized spacial score (nSPS) is 18.7. The van der Waals surface area contributed by atoms with Crippen LogP contribution in [0, 0.1) is 0 Å². The van der Waals surface area contributed by atoms with Gasteiger partial charge >= 0.3 is 0 Å². The second kappa shape index (κ2) is 5.85. The molecule has 1 aliphatic rings. The standard InChI is InChI=1S/C14H16N4O2/c19-14(13-9-20-7-6-15-13)17-11-3-1-2-10(8-11)12-4-5-16-18-12/h1-5,8,13,15H,6-7,9H2,(H,16,18)(H,17,19). The summed E-state index contributed by atoms with van der Waals surface area (Å²) in [6.45, 7) is 1.76. The van der Waals surface area contributed by atoms with Crippen molar-refractivity contribution < 1.29 is 9.53 Å². The average molecular weight is 272 g/mol. The number of nitrogens with one attached hydrogen (secondary N) is 3. The van der Waals surface area contributed by atoms with Crippen LogP contribution in [0.2, 0.25) is 0 Å². The van der Waals surface area contributed by atoms with Crippen LogP contribution in [0.15, 0.2) is 36.5 Å². The average Bonchev–Trinajstić information content (AvgIpc) is 3.03. The van der Waals surface area contributed by atoms with Crippen molar-refractivity contribution in [2.24, 2.45) is 0 Å². The van der Waals surface area contributed by atoms with Crippen molar-refractivity contribution in [2.75, 3.05) is 25.1 Å². The summed E-state index contributed by atoms with van der Waals surface area (Å²) in [7, 11) is 0. The van der Waals surface area contributed by atoms with Crippen molar-refractivity contribution in [3.8, 4) is 11.3 Å². The van der Waals surface area contributed by atoms with Crippen molar-refractivity contribution in [2.45, 2.75) is 6.04 Å². The quantitative estimate of drug-likeness (QED) is 0.779. The highest BCUT2D eigenvalue weighted by Gasteiger charge is 2.21. The third-order valence-corrected chi connectivity index (χ3v) is 3.18. The van der Waals surface area contributed by atoms with Crippen LogP contribution in [0.4, 0.5) is 5.69 Å².